The minimum absolute atomic E-state index is 0.209. The fourth-order valence-corrected chi connectivity index (χ4v) is 2.08. The Hall–Kier alpha value is -1.46. The Morgan fingerprint density at radius 1 is 1.53 bits per heavy atom. The molecular weight excluding hydrogens is 268 g/mol. The summed E-state index contributed by atoms with van der Waals surface area (Å²) in [6.45, 7) is 2.55. The SMILES string of the molecule is COc1cc(Cl)c(C)cc1NC(=O)NC1CCCO1. The van der Waals surface area contributed by atoms with Gasteiger partial charge in [0, 0.05) is 17.7 Å². The summed E-state index contributed by atoms with van der Waals surface area (Å²) in [6.07, 6.45) is 1.60. The first-order valence-electron chi connectivity index (χ1n) is 6.13. The van der Waals surface area contributed by atoms with Crippen molar-refractivity contribution in [1.29, 1.82) is 0 Å². The molecule has 1 aliphatic heterocycles. The Morgan fingerprint density at radius 2 is 2.32 bits per heavy atom. The van der Waals surface area contributed by atoms with Crippen LogP contribution in [0.15, 0.2) is 12.1 Å². The fraction of sp³-hybridized carbons (Fsp3) is 0.462. The number of carbonyl (C=O) groups excluding carboxylic acids is 1. The van der Waals surface area contributed by atoms with Crippen LogP contribution in [0, 0.1) is 6.92 Å². The van der Waals surface area contributed by atoms with E-state index in [0.29, 0.717) is 23.1 Å². The number of hydrogen-bond donors (Lipinski definition) is 2. The highest BCUT2D eigenvalue weighted by atomic mass is 35.5. The average Bonchev–Trinajstić information content (AvgIpc) is 2.86. The van der Waals surface area contributed by atoms with Crippen LogP contribution in [0.25, 0.3) is 0 Å². The summed E-state index contributed by atoms with van der Waals surface area (Å²) in [5.74, 6) is 0.526. The Balaban J connectivity index is 2.04. The molecule has 0 bridgehead atoms. The second-order valence-corrected chi connectivity index (χ2v) is 4.81. The summed E-state index contributed by atoms with van der Waals surface area (Å²) in [6, 6.07) is 3.14. The predicted molar refractivity (Wildman–Crippen MR) is 73.9 cm³/mol. The molecule has 1 aromatic carbocycles. The zero-order valence-electron chi connectivity index (χ0n) is 11.0. The van der Waals surface area contributed by atoms with Gasteiger partial charge < -0.3 is 20.1 Å². The Bertz CT molecular complexity index is 473. The van der Waals surface area contributed by atoms with Gasteiger partial charge in [0.05, 0.1) is 12.8 Å². The summed E-state index contributed by atoms with van der Waals surface area (Å²) in [5.41, 5.74) is 1.45. The number of nitrogens with one attached hydrogen (secondary N) is 2. The van der Waals surface area contributed by atoms with Gasteiger partial charge in [0.15, 0.2) is 0 Å². The lowest BCUT2D eigenvalue weighted by Gasteiger charge is -2.15. The highest BCUT2D eigenvalue weighted by Gasteiger charge is 2.18. The van der Waals surface area contributed by atoms with E-state index in [1.807, 2.05) is 6.92 Å². The van der Waals surface area contributed by atoms with E-state index in [1.165, 1.54) is 7.11 Å². The van der Waals surface area contributed by atoms with Crippen LogP contribution >= 0.6 is 11.6 Å². The molecule has 1 saturated heterocycles. The first-order valence-corrected chi connectivity index (χ1v) is 6.51. The fourth-order valence-electron chi connectivity index (χ4n) is 1.93. The van der Waals surface area contributed by atoms with Gasteiger partial charge >= 0.3 is 6.03 Å². The summed E-state index contributed by atoms with van der Waals surface area (Å²) in [5, 5.41) is 6.09. The molecule has 1 heterocycles. The number of amides is 2. The normalized spacial score (nSPS) is 18.2. The lowest BCUT2D eigenvalue weighted by atomic mass is 10.2. The van der Waals surface area contributed by atoms with E-state index >= 15 is 0 Å². The molecule has 1 aromatic rings. The maximum Gasteiger partial charge on any atom is 0.321 e. The lowest BCUT2D eigenvalue weighted by molar-refractivity contribution is 0.0928. The molecule has 1 unspecified atom stereocenters. The van der Waals surface area contributed by atoms with Gasteiger partial charge in [-0.05, 0) is 31.4 Å². The van der Waals surface area contributed by atoms with E-state index < -0.39 is 0 Å². The van der Waals surface area contributed by atoms with Crippen LogP contribution in [-0.2, 0) is 4.74 Å². The van der Waals surface area contributed by atoms with Gasteiger partial charge in [-0.3, -0.25) is 0 Å². The topological polar surface area (TPSA) is 59.6 Å². The Labute approximate surface area is 117 Å². The van der Waals surface area contributed by atoms with Crippen molar-refractivity contribution in [2.24, 2.45) is 0 Å². The molecule has 1 fully saturated rings. The van der Waals surface area contributed by atoms with E-state index in [0.717, 1.165) is 18.4 Å². The third-order valence-electron chi connectivity index (χ3n) is 2.95. The van der Waals surface area contributed by atoms with Crippen molar-refractivity contribution in [3.63, 3.8) is 0 Å². The summed E-state index contributed by atoms with van der Waals surface area (Å²) >= 11 is 6.01. The van der Waals surface area contributed by atoms with Crippen LogP contribution in [0.2, 0.25) is 5.02 Å². The highest BCUT2D eigenvalue weighted by Crippen LogP contribution is 2.30. The van der Waals surface area contributed by atoms with Gasteiger partial charge in [0.2, 0.25) is 0 Å². The molecule has 0 radical (unpaired) electrons. The lowest BCUT2D eigenvalue weighted by Crippen LogP contribution is -2.37. The van der Waals surface area contributed by atoms with Crippen LogP contribution in [-0.4, -0.2) is 26.0 Å². The molecule has 2 amide bonds. The van der Waals surface area contributed by atoms with E-state index in [1.54, 1.807) is 12.1 Å². The molecule has 0 saturated carbocycles. The van der Waals surface area contributed by atoms with Crippen molar-refractivity contribution in [2.75, 3.05) is 19.0 Å². The monoisotopic (exact) mass is 284 g/mol. The summed E-state index contributed by atoms with van der Waals surface area (Å²) in [7, 11) is 1.53. The van der Waals surface area contributed by atoms with Gasteiger partial charge in [-0.2, -0.15) is 0 Å². The smallest absolute Gasteiger partial charge is 0.321 e. The van der Waals surface area contributed by atoms with Crippen LogP contribution < -0.4 is 15.4 Å². The van der Waals surface area contributed by atoms with Crippen LogP contribution in [0.1, 0.15) is 18.4 Å². The maximum absolute atomic E-state index is 11.8. The number of urea groups is 1. The molecule has 6 heteroatoms. The molecule has 1 atom stereocenters. The number of hydrogen-bond acceptors (Lipinski definition) is 3. The van der Waals surface area contributed by atoms with E-state index in [2.05, 4.69) is 10.6 Å². The molecule has 0 aromatic heterocycles. The van der Waals surface area contributed by atoms with Crippen molar-refractivity contribution in [2.45, 2.75) is 26.0 Å². The van der Waals surface area contributed by atoms with Gasteiger partial charge in [-0.25, -0.2) is 4.79 Å². The number of methoxy groups -OCH3 is 1. The molecule has 0 spiro atoms. The number of carbonyl (C=O) groups is 1. The number of halogens is 1. The van der Waals surface area contributed by atoms with Crippen molar-refractivity contribution >= 4 is 23.3 Å². The van der Waals surface area contributed by atoms with E-state index in [-0.39, 0.29) is 12.3 Å². The standard InChI is InChI=1S/C13H17ClN2O3/c1-8-6-10(11(18-2)7-9(8)14)15-13(17)16-12-4-3-5-19-12/h6-7,12H,3-5H2,1-2H3,(H2,15,16,17). The van der Waals surface area contributed by atoms with Gasteiger partial charge in [0.1, 0.15) is 12.0 Å². The predicted octanol–water partition coefficient (Wildman–Crippen LogP) is 2.92. The average molecular weight is 285 g/mol. The van der Waals surface area contributed by atoms with Crippen LogP contribution in [0.3, 0.4) is 0 Å². The molecule has 5 nitrogen and oxygen atoms in total. The quantitative estimate of drug-likeness (QED) is 0.897. The first kappa shape index (κ1) is 14.0. The molecule has 2 N–H and O–H groups in total. The molecular formula is C13H17ClN2O3. The van der Waals surface area contributed by atoms with Crippen molar-refractivity contribution in [3.8, 4) is 5.75 Å². The molecule has 1 aliphatic rings. The second kappa shape index (κ2) is 6.12. The van der Waals surface area contributed by atoms with E-state index in [9.17, 15) is 4.79 Å². The van der Waals surface area contributed by atoms with Gasteiger partial charge in [-0.15, -0.1) is 0 Å². The largest absolute Gasteiger partial charge is 0.495 e. The van der Waals surface area contributed by atoms with Crippen molar-refractivity contribution < 1.29 is 14.3 Å². The Morgan fingerprint density at radius 3 is 2.95 bits per heavy atom. The third kappa shape index (κ3) is 3.52. The first-order chi connectivity index (χ1) is 9.10. The maximum atomic E-state index is 11.8. The summed E-state index contributed by atoms with van der Waals surface area (Å²) < 4.78 is 10.5. The highest BCUT2D eigenvalue weighted by molar-refractivity contribution is 6.31. The number of anilines is 1. The zero-order valence-corrected chi connectivity index (χ0v) is 11.7. The minimum Gasteiger partial charge on any atom is -0.495 e. The number of aryl methyl sites for hydroxylation is 1. The van der Waals surface area contributed by atoms with E-state index in [4.69, 9.17) is 21.1 Å². The Kier molecular flexibility index (Phi) is 4.50. The molecule has 104 valence electrons. The summed E-state index contributed by atoms with van der Waals surface area (Å²) in [4.78, 5) is 11.8. The second-order valence-electron chi connectivity index (χ2n) is 4.40. The van der Waals surface area contributed by atoms with Crippen molar-refractivity contribution in [3.05, 3.63) is 22.7 Å². The van der Waals surface area contributed by atoms with Gasteiger partial charge in [-0.1, -0.05) is 11.6 Å². The minimum atomic E-state index is -0.313. The molecule has 0 aliphatic carbocycles. The van der Waals surface area contributed by atoms with Crippen LogP contribution in [0.5, 0.6) is 5.75 Å². The number of ether oxygens (including phenoxy) is 2. The molecule has 2 rings (SSSR count). The van der Waals surface area contributed by atoms with Gasteiger partial charge in [0.25, 0.3) is 0 Å². The van der Waals surface area contributed by atoms with Crippen LogP contribution in [0.4, 0.5) is 10.5 Å². The number of benzene rings is 1. The van der Waals surface area contributed by atoms with Crippen molar-refractivity contribution in [1.82, 2.24) is 5.32 Å². The molecule has 19 heavy (non-hydrogen) atoms. The third-order valence-corrected chi connectivity index (χ3v) is 3.36. The zero-order chi connectivity index (χ0) is 13.8. The number of rotatable bonds is 3.